The molecule has 0 spiro atoms. The third-order valence-corrected chi connectivity index (χ3v) is 3.95. The summed E-state index contributed by atoms with van der Waals surface area (Å²) in [7, 11) is 0. The van der Waals surface area contributed by atoms with Gasteiger partial charge in [0.1, 0.15) is 25.5 Å². The van der Waals surface area contributed by atoms with Gasteiger partial charge in [0.25, 0.3) is 11.8 Å². The molecule has 13 heteroatoms. The number of hydroxylamine groups is 2. The number of hydrogen-bond acceptors (Lipinski definition) is 9. The Kier molecular flexibility index (Phi) is 10.5. The first-order valence-electron chi connectivity index (χ1n) is 9.71. The Labute approximate surface area is 183 Å². The molecule has 0 radical (unpaired) electrons. The normalized spacial score (nSPS) is 12.9. The van der Waals surface area contributed by atoms with Gasteiger partial charge < -0.3 is 24.4 Å². The number of carbonyl (C=O) groups is 4. The lowest BCUT2D eigenvalue weighted by molar-refractivity contribution is -0.200. The quantitative estimate of drug-likeness (QED) is 0.142. The first-order chi connectivity index (χ1) is 15.5. The first kappa shape index (κ1) is 24.6. The van der Waals surface area contributed by atoms with E-state index < -0.39 is 24.4 Å². The van der Waals surface area contributed by atoms with Gasteiger partial charge in [0.05, 0.1) is 19.8 Å². The molecule has 0 saturated carbocycles. The zero-order chi connectivity index (χ0) is 23.2. The molecular formula is C19H23N5O8. The van der Waals surface area contributed by atoms with Crippen molar-refractivity contribution in [2.24, 2.45) is 5.11 Å². The van der Waals surface area contributed by atoms with Gasteiger partial charge in [0.2, 0.25) is 5.91 Å². The maximum atomic E-state index is 11.5. The van der Waals surface area contributed by atoms with E-state index in [2.05, 4.69) is 20.2 Å². The highest BCUT2D eigenvalue weighted by Crippen LogP contribution is 2.13. The van der Waals surface area contributed by atoms with Gasteiger partial charge in [0.15, 0.2) is 0 Å². The summed E-state index contributed by atoms with van der Waals surface area (Å²) in [6.45, 7) is 0.465. The van der Waals surface area contributed by atoms with E-state index in [1.54, 1.807) is 18.2 Å². The number of nitrogens with one attached hydrogen (secondary N) is 1. The van der Waals surface area contributed by atoms with E-state index in [1.807, 2.05) is 6.07 Å². The molecule has 1 fully saturated rings. The Hall–Kier alpha value is -3.67. The number of carbonyl (C=O) groups excluding carboxylic acids is 4. The van der Waals surface area contributed by atoms with Crippen LogP contribution in [0.2, 0.25) is 0 Å². The molecule has 0 unspecified atom stereocenters. The second-order valence-electron chi connectivity index (χ2n) is 6.37. The van der Waals surface area contributed by atoms with Gasteiger partial charge >= 0.3 is 5.97 Å². The van der Waals surface area contributed by atoms with Gasteiger partial charge in [-0.25, -0.2) is 4.79 Å². The predicted octanol–water partition coefficient (Wildman–Crippen LogP) is 0.632. The van der Waals surface area contributed by atoms with Gasteiger partial charge in [0, 0.05) is 24.3 Å². The Balaban J connectivity index is 1.52. The lowest BCUT2D eigenvalue weighted by atomic mass is 10.2. The van der Waals surface area contributed by atoms with E-state index in [0.717, 1.165) is 5.56 Å². The summed E-state index contributed by atoms with van der Waals surface area (Å²) >= 11 is 0. The fourth-order valence-electron chi connectivity index (χ4n) is 2.48. The molecule has 1 aliphatic rings. The lowest BCUT2D eigenvalue weighted by Gasteiger charge is -2.12. The van der Waals surface area contributed by atoms with Crippen molar-refractivity contribution in [1.82, 2.24) is 10.4 Å². The van der Waals surface area contributed by atoms with Crippen LogP contribution in [0, 0.1) is 0 Å². The second kappa shape index (κ2) is 13.6. The van der Waals surface area contributed by atoms with E-state index in [9.17, 15) is 19.2 Å². The average molecular weight is 449 g/mol. The summed E-state index contributed by atoms with van der Waals surface area (Å²) in [5.41, 5.74) is 9.00. The van der Waals surface area contributed by atoms with Crippen LogP contribution in [-0.2, 0) is 40.0 Å². The highest BCUT2D eigenvalue weighted by atomic mass is 16.7. The molecule has 1 aliphatic heterocycles. The van der Waals surface area contributed by atoms with E-state index in [1.165, 1.54) is 0 Å². The number of nitrogens with zero attached hydrogens (tertiary/aromatic N) is 4. The zero-order valence-corrected chi connectivity index (χ0v) is 17.2. The Morgan fingerprint density at radius 1 is 1.09 bits per heavy atom. The van der Waals surface area contributed by atoms with Crippen LogP contribution in [0.25, 0.3) is 10.4 Å². The van der Waals surface area contributed by atoms with E-state index in [0.29, 0.717) is 10.8 Å². The molecule has 1 N–H and O–H groups in total. The van der Waals surface area contributed by atoms with Crippen molar-refractivity contribution in [3.63, 3.8) is 0 Å². The topological polar surface area (TPSA) is 169 Å². The van der Waals surface area contributed by atoms with Crippen LogP contribution in [0.15, 0.2) is 29.4 Å². The molecule has 13 nitrogen and oxygen atoms in total. The molecule has 1 aromatic rings. The van der Waals surface area contributed by atoms with Gasteiger partial charge in [-0.3, -0.25) is 14.4 Å². The van der Waals surface area contributed by atoms with Crippen molar-refractivity contribution in [1.29, 1.82) is 0 Å². The Morgan fingerprint density at radius 2 is 1.81 bits per heavy atom. The van der Waals surface area contributed by atoms with Gasteiger partial charge in [-0.2, -0.15) is 0 Å². The van der Waals surface area contributed by atoms with Gasteiger partial charge in [-0.05, 0) is 23.2 Å². The van der Waals surface area contributed by atoms with Crippen molar-refractivity contribution >= 4 is 23.7 Å². The average Bonchev–Trinajstić information content (AvgIpc) is 3.10. The molecule has 1 saturated heterocycles. The summed E-state index contributed by atoms with van der Waals surface area (Å²) in [6, 6.07) is 7.12. The minimum absolute atomic E-state index is 0.0304. The van der Waals surface area contributed by atoms with Crippen molar-refractivity contribution in [3.05, 3.63) is 40.3 Å². The monoisotopic (exact) mass is 449 g/mol. The lowest BCUT2D eigenvalue weighted by Crippen LogP contribution is -2.33. The fourth-order valence-corrected chi connectivity index (χ4v) is 2.48. The van der Waals surface area contributed by atoms with Crippen molar-refractivity contribution in [2.75, 3.05) is 39.6 Å². The molecule has 32 heavy (non-hydrogen) atoms. The van der Waals surface area contributed by atoms with Crippen LogP contribution < -0.4 is 10.1 Å². The maximum absolute atomic E-state index is 11.5. The van der Waals surface area contributed by atoms with E-state index in [4.69, 9.17) is 19.7 Å². The van der Waals surface area contributed by atoms with E-state index >= 15 is 0 Å². The smallest absolute Gasteiger partial charge is 0.358 e. The molecule has 1 heterocycles. The highest BCUT2D eigenvalue weighted by molar-refractivity contribution is 6.01. The number of azide groups is 1. The van der Waals surface area contributed by atoms with E-state index in [-0.39, 0.29) is 58.3 Å². The number of ether oxygens (including phenoxy) is 3. The minimum Gasteiger partial charge on any atom is -0.491 e. The maximum Gasteiger partial charge on any atom is 0.358 e. The molecule has 0 bridgehead atoms. The van der Waals surface area contributed by atoms with Crippen LogP contribution >= 0.6 is 0 Å². The third-order valence-electron chi connectivity index (χ3n) is 3.95. The van der Waals surface area contributed by atoms with Crippen molar-refractivity contribution in [2.45, 2.75) is 19.4 Å². The summed E-state index contributed by atoms with van der Waals surface area (Å²) in [5.74, 6) is -1.72. The summed E-state index contributed by atoms with van der Waals surface area (Å²) < 4.78 is 16.0. The highest BCUT2D eigenvalue weighted by Gasteiger charge is 2.32. The molecule has 0 aliphatic carbocycles. The number of benzene rings is 1. The molecule has 0 atom stereocenters. The van der Waals surface area contributed by atoms with Gasteiger partial charge in [-0.1, -0.05) is 17.2 Å². The summed E-state index contributed by atoms with van der Waals surface area (Å²) in [6.07, 6.45) is 0.0607. The predicted molar refractivity (Wildman–Crippen MR) is 107 cm³/mol. The summed E-state index contributed by atoms with van der Waals surface area (Å²) in [5, 5.41) is 6.27. The fraction of sp³-hybridized carbons (Fsp3) is 0.474. The van der Waals surface area contributed by atoms with Crippen LogP contribution in [0.1, 0.15) is 18.4 Å². The van der Waals surface area contributed by atoms with Gasteiger partial charge in [-0.15, -0.1) is 5.06 Å². The second-order valence-corrected chi connectivity index (χ2v) is 6.37. The third kappa shape index (κ3) is 9.00. The number of amides is 3. The van der Waals surface area contributed by atoms with Crippen molar-refractivity contribution in [3.8, 4) is 5.75 Å². The summed E-state index contributed by atoms with van der Waals surface area (Å²) in [4.78, 5) is 52.8. The molecule has 0 aromatic heterocycles. The molecule has 1 aromatic carbocycles. The largest absolute Gasteiger partial charge is 0.491 e. The minimum atomic E-state index is -0.842. The van der Waals surface area contributed by atoms with Crippen LogP contribution in [0.3, 0.4) is 0 Å². The standard InChI is InChI=1S/C19H23N5O8/c20-23-22-12-16(25)21-11-14-2-1-3-15(10-14)31-9-8-29-6-7-30-13-19(28)32-24-17(26)4-5-18(24)27/h1-3,10H,4-9,11-13H2,(H,21,25). The Bertz CT molecular complexity index is 855. The van der Waals surface area contributed by atoms with Crippen molar-refractivity contribution < 1.29 is 38.2 Å². The molecule has 3 amide bonds. The number of rotatable bonds is 14. The van der Waals surface area contributed by atoms with Crippen LogP contribution in [0.5, 0.6) is 5.75 Å². The van der Waals surface area contributed by atoms with Crippen LogP contribution in [0.4, 0.5) is 0 Å². The van der Waals surface area contributed by atoms with Crippen LogP contribution in [-0.4, -0.2) is 68.3 Å². The molecular weight excluding hydrogens is 426 g/mol. The number of hydrogen-bond donors (Lipinski definition) is 1. The number of imide groups is 1. The SMILES string of the molecule is [N-]=[N+]=NCC(=O)NCc1cccc(OCCOCCOCC(=O)ON2C(=O)CCC2=O)c1. The first-order valence-corrected chi connectivity index (χ1v) is 9.71. The molecule has 172 valence electrons. The zero-order valence-electron chi connectivity index (χ0n) is 17.2. The Morgan fingerprint density at radius 3 is 2.56 bits per heavy atom. The molecule has 2 rings (SSSR count).